The van der Waals surface area contributed by atoms with Gasteiger partial charge in [0.1, 0.15) is 11.4 Å². The molecule has 2 aromatic carbocycles. The molecular weight excluding hydrogens is 326 g/mol. The molecule has 5 heteroatoms. The number of aromatic nitrogens is 2. The molecule has 5 nitrogen and oxygen atoms in total. The number of fused-ring (bicyclic) bond motifs is 1. The molecule has 2 heterocycles. The molecule has 1 amide bonds. The third-order valence-electron chi connectivity index (χ3n) is 4.76. The van der Waals surface area contributed by atoms with Crippen molar-refractivity contribution in [2.75, 3.05) is 13.7 Å². The van der Waals surface area contributed by atoms with Crippen LogP contribution >= 0.6 is 0 Å². The Morgan fingerprint density at radius 2 is 1.85 bits per heavy atom. The van der Waals surface area contributed by atoms with E-state index in [1.807, 2.05) is 41.3 Å². The molecule has 0 spiro atoms. The zero-order valence-electron chi connectivity index (χ0n) is 14.5. The molecule has 3 aromatic rings. The van der Waals surface area contributed by atoms with E-state index < -0.39 is 0 Å². The van der Waals surface area contributed by atoms with Gasteiger partial charge in [0.15, 0.2) is 0 Å². The lowest BCUT2D eigenvalue weighted by Gasteiger charge is -2.38. The van der Waals surface area contributed by atoms with Gasteiger partial charge in [-0.05, 0) is 23.6 Å². The van der Waals surface area contributed by atoms with Crippen molar-refractivity contribution in [1.29, 1.82) is 0 Å². The molecule has 4 rings (SSSR count). The highest BCUT2D eigenvalue weighted by molar-refractivity contribution is 5.92. The first kappa shape index (κ1) is 16.3. The smallest absolute Gasteiger partial charge is 0.274 e. The minimum Gasteiger partial charge on any atom is -0.496 e. The highest BCUT2D eigenvalue weighted by Gasteiger charge is 2.34. The van der Waals surface area contributed by atoms with Gasteiger partial charge < -0.3 is 9.64 Å². The quantitative estimate of drug-likeness (QED) is 0.731. The zero-order chi connectivity index (χ0) is 17.9. The van der Waals surface area contributed by atoms with E-state index in [1.165, 1.54) is 11.8 Å². The monoisotopic (exact) mass is 345 g/mol. The summed E-state index contributed by atoms with van der Waals surface area (Å²) in [6.07, 6.45) is 5.44. The SMILES string of the molecule is COc1ccccc1C1c2ccccc2CCN1C(=O)c1cnccn1. The Morgan fingerprint density at radius 1 is 1.08 bits per heavy atom. The normalized spacial score (nSPS) is 16.0. The molecule has 1 atom stereocenters. The molecule has 1 aromatic heterocycles. The van der Waals surface area contributed by atoms with Crippen LogP contribution in [0, 0.1) is 0 Å². The van der Waals surface area contributed by atoms with Gasteiger partial charge in [-0.2, -0.15) is 0 Å². The minimum absolute atomic E-state index is 0.122. The average molecular weight is 345 g/mol. The molecule has 0 fully saturated rings. The Morgan fingerprint density at radius 3 is 2.62 bits per heavy atom. The van der Waals surface area contributed by atoms with Crippen LogP contribution < -0.4 is 4.74 Å². The van der Waals surface area contributed by atoms with Crippen molar-refractivity contribution in [3.05, 3.63) is 89.5 Å². The highest BCUT2D eigenvalue weighted by Crippen LogP contribution is 2.39. The Kier molecular flexibility index (Phi) is 4.35. The Labute approximate surface area is 152 Å². The number of hydrogen-bond acceptors (Lipinski definition) is 4. The van der Waals surface area contributed by atoms with Crippen molar-refractivity contribution in [2.24, 2.45) is 0 Å². The van der Waals surface area contributed by atoms with Crippen molar-refractivity contribution in [1.82, 2.24) is 14.9 Å². The van der Waals surface area contributed by atoms with E-state index in [0.29, 0.717) is 12.2 Å². The van der Waals surface area contributed by atoms with Gasteiger partial charge in [0.05, 0.1) is 19.3 Å². The van der Waals surface area contributed by atoms with Gasteiger partial charge in [-0.25, -0.2) is 4.98 Å². The average Bonchev–Trinajstić information content (AvgIpc) is 2.73. The van der Waals surface area contributed by atoms with Crippen LogP contribution in [0.1, 0.15) is 33.2 Å². The number of benzene rings is 2. The first-order valence-electron chi connectivity index (χ1n) is 8.57. The van der Waals surface area contributed by atoms with Crippen LogP contribution in [0.25, 0.3) is 0 Å². The molecule has 0 N–H and O–H groups in total. The maximum absolute atomic E-state index is 13.2. The number of amides is 1. The van der Waals surface area contributed by atoms with E-state index in [4.69, 9.17) is 4.74 Å². The van der Waals surface area contributed by atoms with E-state index >= 15 is 0 Å². The molecule has 1 aliphatic heterocycles. The molecule has 1 unspecified atom stereocenters. The summed E-state index contributed by atoms with van der Waals surface area (Å²) in [6.45, 7) is 0.620. The zero-order valence-corrected chi connectivity index (χ0v) is 14.5. The molecule has 0 saturated heterocycles. The van der Waals surface area contributed by atoms with E-state index in [2.05, 4.69) is 22.1 Å². The number of nitrogens with zero attached hydrogens (tertiary/aromatic N) is 3. The largest absolute Gasteiger partial charge is 0.496 e. The number of hydrogen-bond donors (Lipinski definition) is 0. The van der Waals surface area contributed by atoms with Gasteiger partial charge in [0.25, 0.3) is 5.91 Å². The van der Waals surface area contributed by atoms with Gasteiger partial charge in [0, 0.05) is 24.5 Å². The summed E-state index contributed by atoms with van der Waals surface area (Å²) < 4.78 is 5.58. The van der Waals surface area contributed by atoms with Gasteiger partial charge >= 0.3 is 0 Å². The third-order valence-corrected chi connectivity index (χ3v) is 4.76. The highest BCUT2D eigenvalue weighted by atomic mass is 16.5. The van der Waals surface area contributed by atoms with Crippen LogP contribution in [-0.4, -0.2) is 34.4 Å². The van der Waals surface area contributed by atoms with Crippen LogP contribution in [0.2, 0.25) is 0 Å². The van der Waals surface area contributed by atoms with Crippen LogP contribution in [0.3, 0.4) is 0 Å². The van der Waals surface area contributed by atoms with Crippen molar-refractivity contribution >= 4 is 5.91 Å². The lowest BCUT2D eigenvalue weighted by Crippen LogP contribution is -2.41. The summed E-state index contributed by atoms with van der Waals surface area (Å²) >= 11 is 0. The molecule has 0 aliphatic carbocycles. The molecule has 130 valence electrons. The van der Waals surface area contributed by atoms with E-state index in [9.17, 15) is 4.79 Å². The first-order valence-corrected chi connectivity index (χ1v) is 8.57. The summed E-state index contributed by atoms with van der Waals surface area (Å²) in [4.78, 5) is 23.3. The second-order valence-corrected chi connectivity index (χ2v) is 6.18. The molecule has 0 radical (unpaired) electrons. The van der Waals surface area contributed by atoms with Gasteiger partial charge in [-0.15, -0.1) is 0 Å². The molecule has 0 saturated carbocycles. The standard InChI is InChI=1S/C21H19N3O2/c1-26-19-9-5-4-8-17(19)20-16-7-3-2-6-15(16)10-13-24(20)21(25)18-14-22-11-12-23-18/h2-9,11-12,14,20H,10,13H2,1H3. The fourth-order valence-electron chi connectivity index (χ4n) is 3.57. The number of methoxy groups -OCH3 is 1. The Balaban J connectivity index is 1.85. The topological polar surface area (TPSA) is 55.3 Å². The minimum atomic E-state index is -0.217. The Hall–Kier alpha value is -3.21. The van der Waals surface area contributed by atoms with Crippen molar-refractivity contribution in [3.8, 4) is 5.75 Å². The number of carbonyl (C=O) groups excluding carboxylic acids is 1. The lowest BCUT2D eigenvalue weighted by atomic mass is 9.87. The maximum Gasteiger partial charge on any atom is 0.274 e. The van der Waals surface area contributed by atoms with Crippen LogP contribution in [0.5, 0.6) is 5.75 Å². The van der Waals surface area contributed by atoms with Crippen molar-refractivity contribution < 1.29 is 9.53 Å². The maximum atomic E-state index is 13.2. The second-order valence-electron chi connectivity index (χ2n) is 6.18. The molecule has 26 heavy (non-hydrogen) atoms. The number of carbonyl (C=O) groups is 1. The molecule has 0 bridgehead atoms. The van der Waals surface area contributed by atoms with Gasteiger partial charge in [-0.3, -0.25) is 9.78 Å². The molecular formula is C21H19N3O2. The first-order chi connectivity index (χ1) is 12.8. The summed E-state index contributed by atoms with van der Waals surface area (Å²) in [5.74, 6) is 0.648. The number of ether oxygens (including phenoxy) is 1. The van der Waals surface area contributed by atoms with E-state index in [1.54, 1.807) is 19.5 Å². The van der Waals surface area contributed by atoms with Crippen LogP contribution in [0.4, 0.5) is 0 Å². The van der Waals surface area contributed by atoms with E-state index in [-0.39, 0.29) is 11.9 Å². The summed E-state index contributed by atoms with van der Waals surface area (Å²) in [5.41, 5.74) is 3.71. The molecule has 1 aliphatic rings. The van der Waals surface area contributed by atoms with Gasteiger partial charge in [0.2, 0.25) is 0 Å². The third kappa shape index (κ3) is 2.81. The van der Waals surface area contributed by atoms with Crippen molar-refractivity contribution in [3.63, 3.8) is 0 Å². The predicted molar refractivity (Wildman–Crippen MR) is 98.1 cm³/mol. The van der Waals surface area contributed by atoms with Crippen molar-refractivity contribution in [2.45, 2.75) is 12.5 Å². The van der Waals surface area contributed by atoms with Crippen LogP contribution in [-0.2, 0) is 6.42 Å². The predicted octanol–water partition coefficient (Wildman–Crippen LogP) is 3.27. The summed E-state index contributed by atoms with van der Waals surface area (Å²) in [5, 5.41) is 0. The fraction of sp³-hybridized carbons (Fsp3) is 0.190. The summed E-state index contributed by atoms with van der Waals surface area (Å²) in [7, 11) is 1.66. The Bertz CT molecular complexity index is 927. The number of para-hydroxylation sites is 1. The number of rotatable bonds is 3. The second kappa shape index (κ2) is 6.96. The fourth-order valence-corrected chi connectivity index (χ4v) is 3.57. The van der Waals surface area contributed by atoms with Gasteiger partial charge in [-0.1, -0.05) is 42.5 Å². The van der Waals surface area contributed by atoms with E-state index in [0.717, 1.165) is 23.3 Å². The summed E-state index contributed by atoms with van der Waals surface area (Å²) in [6, 6.07) is 15.9. The van der Waals surface area contributed by atoms with Crippen LogP contribution in [0.15, 0.2) is 67.1 Å². The lowest BCUT2D eigenvalue weighted by molar-refractivity contribution is 0.0686.